The monoisotopic (exact) mass is 292 g/mol. The molecule has 124 valence electrons. The number of rotatable bonds is 14. The Morgan fingerprint density at radius 2 is 0.857 bits per heavy atom. The van der Waals surface area contributed by atoms with E-state index in [-0.39, 0.29) is 0 Å². The van der Waals surface area contributed by atoms with Crippen LogP contribution in [0.5, 0.6) is 0 Å². The molecule has 0 saturated heterocycles. The highest BCUT2D eigenvalue weighted by Crippen LogP contribution is 2.19. The second-order valence-corrected chi connectivity index (χ2v) is 6.59. The summed E-state index contributed by atoms with van der Waals surface area (Å²) in [7, 11) is 0. The summed E-state index contributed by atoms with van der Waals surface area (Å²) in [5, 5.41) is 0. The van der Waals surface area contributed by atoms with E-state index in [1.165, 1.54) is 77.0 Å². The topological polar surface area (TPSA) is 0 Å². The van der Waals surface area contributed by atoms with Gasteiger partial charge in [-0.3, -0.25) is 0 Å². The van der Waals surface area contributed by atoms with Crippen molar-refractivity contribution < 1.29 is 0 Å². The molecule has 0 aromatic carbocycles. The smallest absolute Gasteiger partial charge is 0.0158 e. The van der Waals surface area contributed by atoms with Crippen molar-refractivity contribution in [1.82, 2.24) is 0 Å². The predicted molar refractivity (Wildman–Crippen MR) is 97.7 cm³/mol. The Morgan fingerprint density at radius 1 is 0.571 bits per heavy atom. The van der Waals surface area contributed by atoms with E-state index < -0.39 is 0 Å². The molecule has 0 aliphatic carbocycles. The molecule has 0 bridgehead atoms. The molecule has 0 unspecified atom stereocenters. The molecule has 0 aromatic rings. The summed E-state index contributed by atoms with van der Waals surface area (Å²) < 4.78 is 0. The molecule has 0 rings (SSSR count). The van der Waals surface area contributed by atoms with E-state index in [0.717, 1.165) is 11.8 Å². The summed E-state index contributed by atoms with van der Waals surface area (Å²) in [5.74, 6) is 1.53. The summed E-state index contributed by atoms with van der Waals surface area (Å²) in [6.07, 6.45) is 20.9. The van der Waals surface area contributed by atoms with Crippen molar-refractivity contribution in [3.05, 3.63) is 17.9 Å². The lowest BCUT2D eigenvalue weighted by atomic mass is 9.94. The van der Waals surface area contributed by atoms with Crippen LogP contribution in [-0.2, 0) is 0 Å². The first-order chi connectivity index (χ1) is 10.3. The van der Waals surface area contributed by atoms with Crippen molar-refractivity contribution in [3.63, 3.8) is 0 Å². The average molecular weight is 293 g/mol. The fourth-order valence-corrected chi connectivity index (χ4v) is 2.81. The van der Waals surface area contributed by atoms with Crippen LogP contribution in [0.2, 0.25) is 0 Å². The third-order valence-electron chi connectivity index (χ3n) is 4.38. The van der Waals surface area contributed by atoms with Crippen molar-refractivity contribution in [2.75, 3.05) is 0 Å². The van der Waals surface area contributed by atoms with Crippen molar-refractivity contribution in [2.24, 2.45) is 11.8 Å². The molecule has 21 heavy (non-hydrogen) atoms. The standard InChI is InChI=1S/C21H40/c1-5-9-14-20(15-10-6-2)18-13-19-21(16-11-7-3)17-12-8-4/h18-21H,5-12,14-17H2,1-4H3. The summed E-state index contributed by atoms with van der Waals surface area (Å²) in [6.45, 7) is 9.17. The first kappa shape index (κ1) is 20.5. The van der Waals surface area contributed by atoms with E-state index >= 15 is 0 Å². The SMILES string of the molecule is CCCCC(C=C=CC(CCCC)CCCC)CCCC. The highest BCUT2D eigenvalue weighted by Gasteiger charge is 2.05. The van der Waals surface area contributed by atoms with Crippen LogP contribution in [0.15, 0.2) is 17.9 Å². The lowest BCUT2D eigenvalue weighted by Gasteiger charge is -2.11. The minimum absolute atomic E-state index is 0.763. The average Bonchev–Trinajstić information content (AvgIpc) is 2.51. The summed E-state index contributed by atoms with van der Waals surface area (Å²) in [5.41, 5.74) is 3.57. The molecule has 0 aromatic heterocycles. The van der Waals surface area contributed by atoms with Gasteiger partial charge < -0.3 is 0 Å². The summed E-state index contributed by atoms with van der Waals surface area (Å²) in [6, 6.07) is 0. The highest BCUT2D eigenvalue weighted by molar-refractivity contribution is 4.93. The zero-order chi connectivity index (χ0) is 15.8. The second kappa shape index (κ2) is 15.9. The summed E-state index contributed by atoms with van der Waals surface area (Å²) in [4.78, 5) is 0. The zero-order valence-corrected chi connectivity index (χ0v) is 15.3. The maximum atomic E-state index is 3.57. The molecule has 0 heterocycles. The van der Waals surface area contributed by atoms with Gasteiger partial charge in [0.15, 0.2) is 0 Å². The first-order valence-corrected chi connectivity index (χ1v) is 9.71. The third-order valence-corrected chi connectivity index (χ3v) is 4.38. The number of unbranched alkanes of at least 4 members (excludes halogenated alkanes) is 4. The van der Waals surface area contributed by atoms with Crippen LogP contribution in [0.1, 0.15) is 105 Å². The van der Waals surface area contributed by atoms with Crippen LogP contribution in [0.3, 0.4) is 0 Å². The Morgan fingerprint density at radius 3 is 1.10 bits per heavy atom. The van der Waals surface area contributed by atoms with Crippen molar-refractivity contribution in [3.8, 4) is 0 Å². The van der Waals surface area contributed by atoms with Gasteiger partial charge in [-0.1, -0.05) is 79.1 Å². The van der Waals surface area contributed by atoms with Crippen molar-refractivity contribution in [2.45, 2.75) is 105 Å². The van der Waals surface area contributed by atoms with Gasteiger partial charge in [-0.25, -0.2) is 0 Å². The number of allylic oxidation sites excluding steroid dienone is 1. The Kier molecular flexibility index (Phi) is 15.5. The Balaban J connectivity index is 4.44. The maximum Gasteiger partial charge on any atom is -0.0158 e. The van der Waals surface area contributed by atoms with E-state index in [2.05, 4.69) is 45.6 Å². The molecule has 0 heteroatoms. The van der Waals surface area contributed by atoms with Gasteiger partial charge >= 0.3 is 0 Å². The van der Waals surface area contributed by atoms with Gasteiger partial charge in [0.2, 0.25) is 0 Å². The van der Waals surface area contributed by atoms with Gasteiger partial charge in [-0.2, -0.15) is 0 Å². The molecule has 0 nitrogen and oxygen atoms in total. The molecule has 0 atom stereocenters. The highest BCUT2D eigenvalue weighted by atomic mass is 14.1. The molecule has 0 aliphatic rings. The van der Waals surface area contributed by atoms with E-state index in [4.69, 9.17) is 0 Å². The zero-order valence-electron chi connectivity index (χ0n) is 15.3. The predicted octanol–water partition coefficient (Wildman–Crippen LogP) is 7.69. The van der Waals surface area contributed by atoms with E-state index in [9.17, 15) is 0 Å². The molecule has 0 aliphatic heterocycles. The summed E-state index contributed by atoms with van der Waals surface area (Å²) >= 11 is 0. The lowest BCUT2D eigenvalue weighted by Crippen LogP contribution is -1.97. The molecule has 0 fully saturated rings. The van der Waals surface area contributed by atoms with Gasteiger partial charge in [0.05, 0.1) is 0 Å². The Bertz CT molecular complexity index is 217. The maximum absolute atomic E-state index is 3.57. The Labute approximate surface area is 135 Å². The molecule has 0 N–H and O–H groups in total. The van der Waals surface area contributed by atoms with E-state index in [1.807, 2.05) is 0 Å². The van der Waals surface area contributed by atoms with Gasteiger partial charge in [-0.15, -0.1) is 5.73 Å². The fourth-order valence-electron chi connectivity index (χ4n) is 2.81. The van der Waals surface area contributed by atoms with Gasteiger partial charge in [0.1, 0.15) is 0 Å². The van der Waals surface area contributed by atoms with Crippen LogP contribution in [-0.4, -0.2) is 0 Å². The number of hydrogen-bond acceptors (Lipinski definition) is 0. The second-order valence-electron chi connectivity index (χ2n) is 6.59. The van der Waals surface area contributed by atoms with Crippen LogP contribution in [0.25, 0.3) is 0 Å². The van der Waals surface area contributed by atoms with Crippen molar-refractivity contribution in [1.29, 1.82) is 0 Å². The quantitative estimate of drug-likeness (QED) is 0.288. The van der Waals surface area contributed by atoms with Gasteiger partial charge in [0.25, 0.3) is 0 Å². The molecule has 0 spiro atoms. The molecule has 0 amide bonds. The van der Waals surface area contributed by atoms with E-state index in [1.54, 1.807) is 0 Å². The lowest BCUT2D eigenvalue weighted by molar-refractivity contribution is 0.492. The van der Waals surface area contributed by atoms with E-state index in [0.29, 0.717) is 0 Å². The number of hydrogen-bond donors (Lipinski definition) is 0. The molecular formula is C21H40. The first-order valence-electron chi connectivity index (χ1n) is 9.71. The molecule has 0 saturated carbocycles. The molecular weight excluding hydrogens is 252 g/mol. The molecule has 0 radical (unpaired) electrons. The van der Waals surface area contributed by atoms with Crippen molar-refractivity contribution >= 4 is 0 Å². The third kappa shape index (κ3) is 12.9. The van der Waals surface area contributed by atoms with Crippen LogP contribution in [0, 0.1) is 11.8 Å². The minimum atomic E-state index is 0.763. The van der Waals surface area contributed by atoms with Crippen LogP contribution < -0.4 is 0 Å². The normalized spacial score (nSPS) is 11.0. The van der Waals surface area contributed by atoms with Gasteiger partial charge in [-0.05, 0) is 49.7 Å². The Hall–Kier alpha value is -0.480. The van der Waals surface area contributed by atoms with Crippen LogP contribution in [0.4, 0.5) is 0 Å². The fraction of sp³-hybridized carbons (Fsp3) is 0.857. The minimum Gasteiger partial charge on any atom is -0.129 e. The largest absolute Gasteiger partial charge is 0.129 e. The van der Waals surface area contributed by atoms with Gasteiger partial charge in [0, 0.05) is 0 Å². The van der Waals surface area contributed by atoms with Crippen LogP contribution >= 0.6 is 0 Å².